The van der Waals surface area contributed by atoms with Gasteiger partial charge in [0, 0.05) is 6.04 Å². The molecule has 1 aliphatic rings. The van der Waals surface area contributed by atoms with Gasteiger partial charge in [-0.05, 0) is 37.8 Å². The second kappa shape index (κ2) is 4.61. The van der Waals surface area contributed by atoms with E-state index in [-0.39, 0.29) is 0 Å². The molecule has 1 fully saturated rings. The standard InChI is InChI=1S/C13H15ClN4/c1-9(10-5-6-10)17-12-4-2-3-11(14)13(12)18-8-15-7-16-18/h2-4,7-10,17H,5-6H2,1H3. The number of halogens is 1. The van der Waals surface area contributed by atoms with Crippen LogP contribution >= 0.6 is 11.6 Å². The van der Waals surface area contributed by atoms with Crippen LogP contribution in [0.25, 0.3) is 5.69 Å². The molecule has 18 heavy (non-hydrogen) atoms. The molecule has 1 aromatic heterocycles. The average molecular weight is 263 g/mol. The van der Waals surface area contributed by atoms with Gasteiger partial charge in [0.1, 0.15) is 18.3 Å². The van der Waals surface area contributed by atoms with Crippen LogP contribution in [0.3, 0.4) is 0 Å². The van der Waals surface area contributed by atoms with Crippen molar-refractivity contribution in [3.05, 3.63) is 35.9 Å². The van der Waals surface area contributed by atoms with Gasteiger partial charge in [-0.1, -0.05) is 17.7 Å². The molecule has 0 bridgehead atoms. The van der Waals surface area contributed by atoms with Crippen molar-refractivity contribution >= 4 is 17.3 Å². The summed E-state index contributed by atoms with van der Waals surface area (Å²) in [6.45, 7) is 2.21. The van der Waals surface area contributed by atoms with Crippen LogP contribution in [0.15, 0.2) is 30.9 Å². The molecule has 5 heteroatoms. The minimum atomic E-state index is 0.464. The fourth-order valence-corrected chi connectivity index (χ4v) is 2.41. The minimum absolute atomic E-state index is 0.464. The molecule has 1 heterocycles. The summed E-state index contributed by atoms with van der Waals surface area (Å²) >= 11 is 6.27. The third kappa shape index (κ3) is 2.20. The lowest BCUT2D eigenvalue weighted by Crippen LogP contribution is -2.18. The van der Waals surface area contributed by atoms with Gasteiger partial charge in [0.15, 0.2) is 0 Å². The highest BCUT2D eigenvalue weighted by atomic mass is 35.5. The quantitative estimate of drug-likeness (QED) is 0.921. The zero-order chi connectivity index (χ0) is 12.5. The Balaban J connectivity index is 1.95. The van der Waals surface area contributed by atoms with Crippen molar-refractivity contribution in [2.24, 2.45) is 5.92 Å². The van der Waals surface area contributed by atoms with Crippen molar-refractivity contribution < 1.29 is 0 Å². The van der Waals surface area contributed by atoms with Gasteiger partial charge in [0.25, 0.3) is 0 Å². The van der Waals surface area contributed by atoms with E-state index < -0.39 is 0 Å². The van der Waals surface area contributed by atoms with Crippen molar-refractivity contribution in [3.63, 3.8) is 0 Å². The number of aromatic nitrogens is 3. The first-order valence-corrected chi connectivity index (χ1v) is 6.53. The molecule has 0 spiro atoms. The number of nitrogens with zero attached hydrogens (tertiary/aromatic N) is 3. The number of nitrogens with one attached hydrogen (secondary N) is 1. The van der Waals surface area contributed by atoms with Crippen molar-refractivity contribution in [1.82, 2.24) is 14.8 Å². The highest BCUT2D eigenvalue weighted by Gasteiger charge is 2.28. The molecule has 4 nitrogen and oxygen atoms in total. The summed E-state index contributed by atoms with van der Waals surface area (Å²) in [7, 11) is 0. The third-order valence-corrected chi connectivity index (χ3v) is 3.65. The van der Waals surface area contributed by atoms with E-state index in [2.05, 4.69) is 22.3 Å². The fraction of sp³-hybridized carbons (Fsp3) is 0.385. The normalized spacial score (nSPS) is 16.6. The lowest BCUT2D eigenvalue weighted by atomic mass is 10.2. The first-order chi connectivity index (χ1) is 8.75. The predicted octanol–water partition coefficient (Wildman–Crippen LogP) is 3.13. The summed E-state index contributed by atoms with van der Waals surface area (Å²) in [6, 6.07) is 6.31. The molecule has 1 N–H and O–H groups in total. The second-order valence-corrected chi connectivity index (χ2v) is 5.15. The van der Waals surface area contributed by atoms with Crippen molar-refractivity contribution in [1.29, 1.82) is 0 Å². The molecule has 0 saturated heterocycles. The van der Waals surface area contributed by atoms with Crippen LogP contribution < -0.4 is 5.32 Å². The molecular formula is C13H15ClN4. The van der Waals surface area contributed by atoms with Crippen LogP contribution in [-0.4, -0.2) is 20.8 Å². The molecule has 1 aliphatic carbocycles. The first-order valence-electron chi connectivity index (χ1n) is 6.16. The third-order valence-electron chi connectivity index (χ3n) is 3.35. The van der Waals surface area contributed by atoms with E-state index in [0.717, 1.165) is 17.3 Å². The molecule has 3 rings (SSSR count). The smallest absolute Gasteiger partial charge is 0.138 e. The van der Waals surface area contributed by atoms with Gasteiger partial charge in [-0.2, -0.15) is 5.10 Å². The molecule has 1 aromatic carbocycles. The zero-order valence-corrected chi connectivity index (χ0v) is 10.9. The van der Waals surface area contributed by atoms with Crippen LogP contribution in [0, 0.1) is 5.92 Å². The summed E-state index contributed by atoms with van der Waals surface area (Å²) in [5.41, 5.74) is 1.87. The SMILES string of the molecule is CC(Nc1cccc(Cl)c1-n1cncn1)C1CC1. The maximum atomic E-state index is 6.27. The molecule has 0 amide bonds. The number of rotatable bonds is 4. The van der Waals surface area contributed by atoms with E-state index in [1.807, 2.05) is 18.2 Å². The van der Waals surface area contributed by atoms with E-state index in [0.29, 0.717) is 11.1 Å². The predicted molar refractivity (Wildman–Crippen MR) is 72.2 cm³/mol. The monoisotopic (exact) mass is 262 g/mol. The molecular weight excluding hydrogens is 248 g/mol. The van der Waals surface area contributed by atoms with Gasteiger partial charge in [0.2, 0.25) is 0 Å². The Morgan fingerprint density at radius 2 is 2.28 bits per heavy atom. The molecule has 0 aliphatic heterocycles. The maximum Gasteiger partial charge on any atom is 0.138 e. The summed E-state index contributed by atoms with van der Waals surface area (Å²) in [5.74, 6) is 0.785. The Labute approximate surface area is 111 Å². The molecule has 1 unspecified atom stereocenters. The van der Waals surface area contributed by atoms with Crippen molar-refractivity contribution in [2.45, 2.75) is 25.8 Å². The highest BCUT2D eigenvalue weighted by molar-refractivity contribution is 6.33. The summed E-state index contributed by atoms with van der Waals surface area (Å²) in [5, 5.41) is 8.36. The average Bonchev–Trinajstić information content (AvgIpc) is 3.07. The van der Waals surface area contributed by atoms with E-state index in [1.165, 1.54) is 19.2 Å². The highest BCUT2D eigenvalue weighted by Crippen LogP contribution is 2.36. The Bertz CT molecular complexity index is 534. The van der Waals surface area contributed by atoms with E-state index in [1.54, 1.807) is 11.0 Å². The lowest BCUT2D eigenvalue weighted by Gasteiger charge is -2.18. The van der Waals surface area contributed by atoms with Gasteiger partial charge in [0.05, 0.1) is 10.7 Å². The van der Waals surface area contributed by atoms with Crippen LogP contribution in [0.1, 0.15) is 19.8 Å². The van der Waals surface area contributed by atoms with Crippen LogP contribution in [0.5, 0.6) is 0 Å². The van der Waals surface area contributed by atoms with E-state index in [9.17, 15) is 0 Å². The molecule has 94 valence electrons. The fourth-order valence-electron chi connectivity index (χ4n) is 2.15. The molecule has 2 aromatic rings. The van der Waals surface area contributed by atoms with Crippen LogP contribution in [0.2, 0.25) is 5.02 Å². The topological polar surface area (TPSA) is 42.7 Å². The van der Waals surface area contributed by atoms with Gasteiger partial charge in [-0.25, -0.2) is 9.67 Å². The molecule has 1 atom stereocenters. The van der Waals surface area contributed by atoms with Gasteiger partial charge >= 0.3 is 0 Å². The number of anilines is 1. The number of hydrogen-bond donors (Lipinski definition) is 1. The minimum Gasteiger partial charge on any atom is -0.381 e. The zero-order valence-electron chi connectivity index (χ0n) is 10.2. The number of hydrogen-bond acceptors (Lipinski definition) is 3. The molecule has 0 radical (unpaired) electrons. The lowest BCUT2D eigenvalue weighted by molar-refractivity contribution is 0.692. The largest absolute Gasteiger partial charge is 0.381 e. The number of para-hydroxylation sites is 1. The Morgan fingerprint density at radius 1 is 1.44 bits per heavy atom. The Morgan fingerprint density at radius 3 is 2.94 bits per heavy atom. The van der Waals surface area contributed by atoms with Crippen LogP contribution in [0.4, 0.5) is 5.69 Å². The first kappa shape index (κ1) is 11.5. The summed E-state index contributed by atoms with van der Waals surface area (Å²) in [6.07, 6.45) is 5.80. The van der Waals surface area contributed by atoms with Crippen molar-refractivity contribution in [3.8, 4) is 5.69 Å². The second-order valence-electron chi connectivity index (χ2n) is 4.75. The number of benzene rings is 1. The van der Waals surface area contributed by atoms with Gasteiger partial charge in [-0.15, -0.1) is 0 Å². The summed E-state index contributed by atoms with van der Waals surface area (Å²) in [4.78, 5) is 3.97. The van der Waals surface area contributed by atoms with E-state index in [4.69, 9.17) is 11.6 Å². The molecule has 1 saturated carbocycles. The van der Waals surface area contributed by atoms with Gasteiger partial charge in [-0.3, -0.25) is 0 Å². The Hall–Kier alpha value is -1.55. The van der Waals surface area contributed by atoms with Crippen molar-refractivity contribution in [2.75, 3.05) is 5.32 Å². The summed E-state index contributed by atoms with van der Waals surface area (Å²) < 4.78 is 1.70. The van der Waals surface area contributed by atoms with Crippen LogP contribution in [-0.2, 0) is 0 Å². The Kier molecular flexibility index (Phi) is 2.96. The maximum absolute atomic E-state index is 6.27. The van der Waals surface area contributed by atoms with E-state index >= 15 is 0 Å². The van der Waals surface area contributed by atoms with Gasteiger partial charge < -0.3 is 5.32 Å².